The molecule has 1 saturated heterocycles. The molecule has 122 valence electrons. The Labute approximate surface area is 128 Å². The molecular weight excluding hydrogens is 268 g/mol. The molecule has 3 atom stereocenters. The van der Waals surface area contributed by atoms with Crippen LogP contribution in [0, 0.1) is 11.3 Å². The summed E-state index contributed by atoms with van der Waals surface area (Å²) in [7, 11) is 0. The standard InChI is InChI=1S/C16H30N2O3/c1-6-14(20)8-12-7-13(10-18(9-12)11(2)19)17-15(21)16(3,4)5/h12-14,20H,6-10H2,1-5H3,(H,17,21). The molecular formula is C16H30N2O3. The van der Waals surface area contributed by atoms with Gasteiger partial charge < -0.3 is 15.3 Å². The zero-order chi connectivity index (χ0) is 16.2. The van der Waals surface area contributed by atoms with Crippen molar-refractivity contribution in [3.8, 4) is 0 Å². The van der Waals surface area contributed by atoms with Crippen LogP contribution in [0.2, 0.25) is 0 Å². The monoisotopic (exact) mass is 298 g/mol. The maximum Gasteiger partial charge on any atom is 0.225 e. The van der Waals surface area contributed by atoms with E-state index in [0.717, 1.165) is 12.8 Å². The number of rotatable bonds is 4. The first-order valence-corrected chi connectivity index (χ1v) is 7.88. The van der Waals surface area contributed by atoms with Crippen molar-refractivity contribution in [3.05, 3.63) is 0 Å². The average Bonchev–Trinajstić information content (AvgIpc) is 2.37. The fraction of sp³-hybridized carbons (Fsp3) is 0.875. The summed E-state index contributed by atoms with van der Waals surface area (Å²) < 4.78 is 0. The van der Waals surface area contributed by atoms with E-state index in [9.17, 15) is 14.7 Å². The van der Waals surface area contributed by atoms with Crippen LogP contribution in [0.1, 0.15) is 53.9 Å². The van der Waals surface area contributed by atoms with Crippen LogP contribution >= 0.6 is 0 Å². The van der Waals surface area contributed by atoms with E-state index >= 15 is 0 Å². The fourth-order valence-corrected chi connectivity index (χ4v) is 2.69. The Bertz CT molecular complexity index is 376. The van der Waals surface area contributed by atoms with Crippen molar-refractivity contribution in [2.45, 2.75) is 66.0 Å². The fourth-order valence-electron chi connectivity index (χ4n) is 2.69. The van der Waals surface area contributed by atoms with E-state index in [0.29, 0.717) is 19.5 Å². The lowest BCUT2D eigenvalue weighted by Gasteiger charge is -2.39. The van der Waals surface area contributed by atoms with Crippen LogP contribution < -0.4 is 5.32 Å². The second-order valence-electron chi connectivity index (χ2n) is 7.24. The van der Waals surface area contributed by atoms with Crippen LogP contribution in [0.3, 0.4) is 0 Å². The Morgan fingerprint density at radius 1 is 1.33 bits per heavy atom. The van der Waals surface area contributed by atoms with Crippen molar-refractivity contribution in [1.82, 2.24) is 10.2 Å². The minimum atomic E-state index is -0.434. The van der Waals surface area contributed by atoms with E-state index in [1.165, 1.54) is 0 Å². The largest absolute Gasteiger partial charge is 0.393 e. The highest BCUT2D eigenvalue weighted by molar-refractivity contribution is 5.81. The third-order valence-corrected chi connectivity index (χ3v) is 4.08. The number of amides is 2. The summed E-state index contributed by atoms with van der Waals surface area (Å²) in [4.78, 5) is 25.6. The highest BCUT2D eigenvalue weighted by atomic mass is 16.3. The molecule has 0 aromatic carbocycles. The smallest absolute Gasteiger partial charge is 0.225 e. The van der Waals surface area contributed by atoms with Crippen molar-refractivity contribution in [1.29, 1.82) is 0 Å². The Kier molecular flexibility index (Phi) is 6.20. The number of aliphatic hydroxyl groups excluding tert-OH is 1. The van der Waals surface area contributed by atoms with Gasteiger partial charge in [0.1, 0.15) is 0 Å². The summed E-state index contributed by atoms with van der Waals surface area (Å²) in [6.45, 7) is 10.4. The first kappa shape index (κ1) is 18.0. The molecule has 1 aliphatic heterocycles. The van der Waals surface area contributed by atoms with Crippen molar-refractivity contribution in [2.75, 3.05) is 13.1 Å². The summed E-state index contributed by atoms with van der Waals surface area (Å²) in [6, 6.07) is -0.0246. The molecule has 1 aliphatic rings. The molecule has 0 aromatic heterocycles. The topological polar surface area (TPSA) is 69.6 Å². The maximum atomic E-state index is 12.1. The Morgan fingerprint density at radius 3 is 2.43 bits per heavy atom. The second kappa shape index (κ2) is 7.25. The van der Waals surface area contributed by atoms with Crippen LogP contribution in [-0.2, 0) is 9.59 Å². The molecule has 0 aliphatic carbocycles. The number of hydrogen-bond acceptors (Lipinski definition) is 3. The molecule has 0 saturated carbocycles. The molecule has 2 amide bonds. The van der Waals surface area contributed by atoms with Gasteiger partial charge in [-0.1, -0.05) is 27.7 Å². The van der Waals surface area contributed by atoms with Crippen LogP contribution in [0.25, 0.3) is 0 Å². The maximum absolute atomic E-state index is 12.1. The third kappa shape index (κ3) is 5.65. The normalized spacial score (nSPS) is 24.6. The SMILES string of the molecule is CCC(O)CC1CC(NC(=O)C(C)(C)C)CN(C(C)=O)C1. The first-order valence-electron chi connectivity index (χ1n) is 7.88. The number of carbonyl (C=O) groups excluding carboxylic acids is 2. The van der Waals surface area contributed by atoms with E-state index in [-0.39, 0.29) is 29.9 Å². The van der Waals surface area contributed by atoms with Gasteiger partial charge in [-0.2, -0.15) is 0 Å². The Balaban J connectivity index is 2.70. The molecule has 1 heterocycles. The molecule has 21 heavy (non-hydrogen) atoms. The minimum absolute atomic E-state index is 0.00712. The first-order chi connectivity index (χ1) is 9.63. The van der Waals surface area contributed by atoms with Crippen molar-refractivity contribution >= 4 is 11.8 Å². The highest BCUT2D eigenvalue weighted by Crippen LogP contribution is 2.23. The predicted molar refractivity (Wildman–Crippen MR) is 82.7 cm³/mol. The molecule has 2 N–H and O–H groups in total. The molecule has 1 fully saturated rings. The van der Waals surface area contributed by atoms with Gasteiger partial charge in [-0.15, -0.1) is 0 Å². The van der Waals surface area contributed by atoms with Gasteiger partial charge in [-0.25, -0.2) is 0 Å². The summed E-state index contributed by atoms with van der Waals surface area (Å²) >= 11 is 0. The van der Waals surface area contributed by atoms with E-state index in [1.54, 1.807) is 11.8 Å². The van der Waals surface area contributed by atoms with Crippen LogP contribution in [0.15, 0.2) is 0 Å². The zero-order valence-electron chi connectivity index (χ0n) is 14.0. The lowest BCUT2D eigenvalue weighted by atomic mass is 9.87. The van der Waals surface area contributed by atoms with E-state index in [2.05, 4.69) is 5.32 Å². The molecule has 1 rings (SSSR count). The van der Waals surface area contributed by atoms with Crippen molar-refractivity contribution in [2.24, 2.45) is 11.3 Å². The number of aliphatic hydroxyl groups is 1. The lowest BCUT2D eigenvalue weighted by molar-refractivity contribution is -0.134. The molecule has 3 unspecified atom stereocenters. The number of hydrogen-bond donors (Lipinski definition) is 2. The molecule has 0 spiro atoms. The van der Waals surface area contributed by atoms with Gasteiger partial charge in [0, 0.05) is 31.5 Å². The predicted octanol–water partition coefficient (Wildman–Crippen LogP) is 1.55. The molecule has 5 nitrogen and oxygen atoms in total. The zero-order valence-corrected chi connectivity index (χ0v) is 14.0. The molecule has 5 heteroatoms. The molecule has 0 radical (unpaired) electrons. The van der Waals surface area contributed by atoms with Crippen LogP contribution in [-0.4, -0.2) is 47.1 Å². The quantitative estimate of drug-likeness (QED) is 0.827. The van der Waals surface area contributed by atoms with Crippen LogP contribution in [0.4, 0.5) is 0 Å². The van der Waals surface area contributed by atoms with Crippen molar-refractivity contribution in [3.63, 3.8) is 0 Å². The van der Waals surface area contributed by atoms with E-state index in [4.69, 9.17) is 0 Å². The van der Waals surface area contributed by atoms with Gasteiger partial charge in [0.25, 0.3) is 0 Å². The average molecular weight is 298 g/mol. The Morgan fingerprint density at radius 2 is 1.95 bits per heavy atom. The summed E-state index contributed by atoms with van der Waals surface area (Å²) in [6.07, 6.45) is 1.89. The van der Waals surface area contributed by atoms with Gasteiger partial charge in [-0.3, -0.25) is 9.59 Å². The lowest BCUT2D eigenvalue weighted by Crippen LogP contribution is -2.54. The van der Waals surface area contributed by atoms with E-state index < -0.39 is 5.41 Å². The summed E-state index contributed by atoms with van der Waals surface area (Å²) in [5.41, 5.74) is -0.434. The number of piperidine rings is 1. The molecule has 0 aromatic rings. The van der Waals surface area contributed by atoms with Gasteiger partial charge in [0.2, 0.25) is 11.8 Å². The van der Waals surface area contributed by atoms with E-state index in [1.807, 2.05) is 27.7 Å². The second-order valence-corrected chi connectivity index (χ2v) is 7.24. The molecule has 0 bridgehead atoms. The number of nitrogens with zero attached hydrogens (tertiary/aromatic N) is 1. The Hall–Kier alpha value is -1.10. The van der Waals surface area contributed by atoms with Gasteiger partial charge in [-0.05, 0) is 25.2 Å². The van der Waals surface area contributed by atoms with Crippen LogP contribution in [0.5, 0.6) is 0 Å². The number of carbonyl (C=O) groups is 2. The van der Waals surface area contributed by atoms with Gasteiger partial charge in [0.05, 0.1) is 6.10 Å². The summed E-state index contributed by atoms with van der Waals surface area (Å²) in [5.74, 6) is 0.274. The van der Waals surface area contributed by atoms with Gasteiger partial charge in [0.15, 0.2) is 0 Å². The van der Waals surface area contributed by atoms with Crippen molar-refractivity contribution < 1.29 is 14.7 Å². The summed E-state index contributed by atoms with van der Waals surface area (Å²) in [5, 5.41) is 12.9. The van der Waals surface area contributed by atoms with Gasteiger partial charge >= 0.3 is 0 Å². The highest BCUT2D eigenvalue weighted by Gasteiger charge is 2.32. The number of nitrogens with one attached hydrogen (secondary N) is 1. The third-order valence-electron chi connectivity index (χ3n) is 4.08. The number of likely N-dealkylation sites (tertiary alicyclic amines) is 1. The minimum Gasteiger partial charge on any atom is -0.393 e.